The molecule has 12 aromatic rings. The summed E-state index contributed by atoms with van der Waals surface area (Å²) in [6.45, 7) is 0. The molecule has 6 heteroatoms. The van der Waals surface area contributed by atoms with Crippen LogP contribution < -0.4 is 0 Å². The van der Waals surface area contributed by atoms with Gasteiger partial charge in [-0.1, -0.05) is 121 Å². The quantitative estimate of drug-likeness (QED) is 0.176. The average molecular weight is 746 g/mol. The molecule has 0 N–H and O–H groups in total. The van der Waals surface area contributed by atoms with E-state index in [0.717, 1.165) is 70.4 Å². The van der Waals surface area contributed by atoms with E-state index in [1.54, 1.807) is 11.3 Å². The molecule has 0 aliphatic rings. The Morgan fingerprint density at radius 2 is 1.19 bits per heavy atom. The third kappa shape index (κ3) is 4.91. The van der Waals surface area contributed by atoms with Gasteiger partial charge in [0.25, 0.3) is 0 Å². The van der Waals surface area contributed by atoms with Crippen LogP contribution in [0.5, 0.6) is 0 Å². The Hall–Kier alpha value is -7.41. The Bertz CT molecular complexity index is 3510. The lowest BCUT2D eigenvalue weighted by molar-refractivity contribution is 1.02. The fourth-order valence-electron chi connectivity index (χ4n) is 8.74. The van der Waals surface area contributed by atoms with E-state index in [-0.39, 0.29) is 0 Å². The molecule has 266 valence electrons. The second-order valence-corrected chi connectivity index (χ2v) is 15.5. The van der Waals surface area contributed by atoms with Gasteiger partial charge in [-0.05, 0) is 76.7 Å². The van der Waals surface area contributed by atoms with Crippen molar-refractivity contribution in [1.82, 2.24) is 24.1 Å². The zero-order valence-electron chi connectivity index (χ0n) is 30.5. The van der Waals surface area contributed by atoms with Crippen molar-refractivity contribution in [2.45, 2.75) is 0 Å². The normalized spacial score (nSPS) is 11.9. The highest BCUT2D eigenvalue weighted by molar-refractivity contribution is 7.22. The first-order chi connectivity index (χ1) is 28.3. The van der Waals surface area contributed by atoms with Crippen molar-refractivity contribution in [3.63, 3.8) is 0 Å². The second-order valence-electron chi connectivity index (χ2n) is 14.4. The molecule has 0 amide bonds. The molecule has 0 saturated heterocycles. The van der Waals surface area contributed by atoms with E-state index in [1.807, 2.05) is 12.4 Å². The van der Waals surface area contributed by atoms with E-state index in [2.05, 4.69) is 190 Å². The maximum Gasteiger partial charge on any atom is 0.235 e. The Kier molecular flexibility index (Phi) is 7.03. The third-order valence-electron chi connectivity index (χ3n) is 11.2. The van der Waals surface area contributed by atoms with Crippen LogP contribution in [0.1, 0.15) is 0 Å². The summed E-state index contributed by atoms with van der Waals surface area (Å²) in [5.41, 5.74) is 12.1. The number of pyridine rings is 1. The molecule has 5 aromatic heterocycles. The van der Waals surface area contributed by atoms with Crippen molar-refractivity contribution in [2.24, 2.45) is 0 Å². The lowest BCUT2D eigenvalue weighted by Crippen LogP contribution is -2.03. The zero-order chi connectivity index (χ0) is 37.5. The van der Waals surface area contributed by atoms with Crippen LogP contribution in [0.25, 0.3) is 109 Å². The first-order valence-corrected chi connectivity index (χ1v) is 19.9. The number of benzene rings is 7. The predicted octanol–water partition coefficient (Wildman–Crippen LogP) is 13.4. The van der Waals surface area contributed by atoms with Crippen LogP contribution in [0.4, 0.5) is 0 Å². The molecule has 5 nitrogen and oxygen atoms in total. The summed E-state index contributed by atoms with van der Waals surface area (Å²) in [7, 11) is 0. The van der Waals surface area contributed by atoms with Crippen LogP contribution in [-0.4, -0.2) is 24.1 Å². The highest BCUT2D eigenvalue weighted by atomic mass is 32.1. The van der Waals surface area contributed by atoms with Gasteiger partial charge >= 0.3 is 0 Å². The van der Waals surface area contributed by atoms with Gasteiger partial charge in [0, 0.05) is 55.5 Å². The molecular formula is C51H31N5S. The number of para-hydroxylation sites is 2. The molecular weight excluding hydrogens is 715 g/mol. The third-order valence-corrected chi connectivity index (χ3v) is 12.4. The van der Waals surface area contributed by atoms with Gasteiger partial charge in [0.15, 0.2) is 0 Å². The average Bonchev–Trinajstić information content (AvgIpc) is 3.97. The number of fused-ring (bicyclic) bond motifs is 9. The number of hydrogen-bond donors (Lipinski definition) is 0. The molecule has 57 heavy (non-hydrogen) atoms. The molecule has 0 bridgehead atoms. The maximum atomic E-state index is 5.46. The van der Waals surface area contributed by atoms with Crippen molar-refractivity contribution in [2.75, 3.05) is 0 Å². The number of nitrogens with zero attached hydrogens (tertiary/aromatic N) is 5. The summed E-state index contributed by atoms with van der Waals surface area (Å²) in [4.78, 5) is 16.2. The molecule has 0 unspecified atom stereocenters. The molecule has 0 atom stereocenters. The fourth-order valence-corrected chi connectivity index (χ4v) is 9.85. The van der Waals surface area contributed by atoms with Crippen LogP contribution in [0.15, 0.2) is 188 Å². The van der Waals surface area contributed by atoms with Crippen LogP contribution in [-0.2, 0) is 0 Å². The van der Waals surface area contributed by atoms with E-state index < -0.39 is 0 Å². The van der Waals surface area contributed by atoms with Gasteiger partial charge < -0.3 is 4.57 Å². The highest BCUT2D eigenvalue weighted by Crippen LogP contribution is 2.43. The summed E-state index contributed by atoms with van der Waals surface area (Å²) in [5, 5.41) is 7.13. The Labute approximate surface area is 331 Å². The van der Waals surface area contributed by atoms with Gasteiger partial charge in [0.2, 0.25) is 5.95 Å². The van der Waals surface area contributed by atoms with E-state index in [0.29, 0.717) is 5.95 Å². The summed E-state index contributed by atoms with van der Waals surface area (Å²) >= 11 is 1.73. The van der Waals surface area contributed by atoms with E-state index in [1.165, 1.54) is 32.8 Å². The highest BCUT2D eigenvalue weighted by Gasteiger charge is 2.22. The molecule has 0 aliphatic heterocycles. The molecule has 5 heterocycles. The van der Waals surface area contributed by atoms with Crippen molar-refractivity contribution in [1.29, 1.82) is 0 Å². The van der Waals surface area contributed by atoms with Gasteiger partial charge in [-0.15, -0.1) is 11.3 Å². The molecule has 0 fully saturated rings. The smallest absolute Gasteiger partial charge is 0.235 e. The molecule has 0 aliphatic carbocycles. The number of rotatable bonds is 5. The zero-order valence-corrected chi connectivity index (χ0v) is 31.4. The SMILES string of the molecule is c1ccc(-c2nc(-n3c4ccc(-c5cccc6c5c5ccccc5n6-c5ccccc5)cc4c4ccc5ccccc5c43)nc3cc(-c4ccncc4)sc23)cc1. The number of aromatic nitrogens is 5. The summed E-state index contributed by atoms with van der Waals surface area (Å²) < 4.78 is 5.73. The molecule has 0 spiro atoms. The fraction of sp³-hybridized carbons (Fsp3) is 0. The minimum atomic E-state index is 0.651. The maximum absolute atomic E-state index is 5.46. The van der Waals surface area contributed by atoms with Gasteiger partial charge in [0.1, 0.15) is 0 Å². The Morgan fingerprint density at radius 1 is 0.456 bits per heavy atom. The van der Waals surface area contributed by atoms with Crippen molar-refractivity contribution >= 4 is 75.9 Å². The van der Waals surface area contributed by atoms with Crippen molar-refractivity contribution in [3.8, 4) is 44.5 Å². The van der Waals surface area contributed by atoms with Crippen LogP contribution in [0.2, 0.25) is 0 Å². The topological polar surface area (TPSA) is 48.5 Å². The number of thiophene rings is 1. The van der Waals surface area contributed by atoms with Crippen LogP contribution in [0, 0.1) is 0 Å². The van der Waals surface area contributed by atoms with Gasteiger partial charge in [-0.3, -0.25) is 9.55 Å². The van der Waals surface area contributed by atoms with Gasteiger partial charge in [-0.25, -0.2) is 9.97 Å². The first kappa shape index (κ1) is 31.9. The summed E-state index contributed by atoms with van der Waals surface area (Å²) in [6.07, 6.45) is 3.68. The minimum absolute atomic E-state index is 0.651. The lowest BCUT2D eigenvalue weighted by atomic mass is 9.97. The van der Waals surface area contributed by atoms with E-state index in [9.17, 15) is 0 Å². The van der Waals surface area contributed by atoms with Crippen molar-refractivity contribution < 1.29 is 0 Å². The molecule has 7 aromatic carbocycles. The Morgan fingerprint density at radius 3 is 2.05 bits per heavy atom. The van der Waals surface area contributed by atoms with E-state index in [4.69, 9.17) is 9.97 Å². The molecule has 0 saturated carbocycles. The van der Waals surface area contributed by atoms with Gasteiger partial charge in [-0.2, -0.15) is 0 Å². The summed E-state index contributed by atoms with van der Waals surface area (Å²) in [5.74, 6) is 0.651. The van der Waals surface area contributed by atoms with Gasteiger partial charge in [0.05, 0.1) is 38.0 Å². The first-order valence-electron chi connectivity index (χ1n) is 19.1. The molecule has 12 rings (SSSR count). The van der Waals surface area contributed by atoms with Crippen molar-refractivity contribution in [3.05, 3.63) is 188 Å². The lowest BCUT2D eigenvalue weighted by Gasteiger charge is -2.11. The van der Waals surface area contributed by atoms with Crippen LogP contribution in [0.3, 0.4) is 0 Å². The minimum Gasteiger partial charge on any atom is -0.309 e. The van der Waals surface area contributed by atoms with E-state index >= 15 is 0 Å². The number of hydrogen-bond acceptors (Lipinski definition) is 4. The second kappa shape index (κ2) is 12.6. The largest absolute Gasteiger partial charge is 0.309 e. The molecule has 0 radical (unpaired) electrons. The monoisotopic (exact) mass is 745 g/mol. The predicted molar refractivity (Wildman–Crippen MR) is 238 cm³/mol. The van der Waals surface area contributed by atoms with Crippen LogP contribution >= 0.6 is 11.3 Å². The Balaban J connectivity index is 1.15. The summed E-state index contributed by atoms with van der Waals surface area (Å²) in [6, 6.07) is 62.9. The standard InChI is InChI=1S/C51H31N5S/c1-3-13-34(14-4-1)48-50-42(31-46(57-50)33-26-28-52-29-27-33)53-51(54-48)56-44-25-23-35(30-41(44)39-24-22-32-12-7-8-17-38(32)49(39)56)37-19-11-21-45-47(37)40-18-9-10-20-43(40)55(45)36-15-5-2-6-16-36/h1-31H.